The van der Waals surface area contributed by atoms with E-state index in [2.05, 4.69) is 34.2 Å². The number of nitrogens with zero attached hydrogens (tertiary/aromatic N) is 2. The van der Waals surface area contributed by atoms with Gasteiger partial charge in [0.05, 0.1) is 33.3 Å². The number of rotatable bonds is 9. The third kappa shape index (κ3) is 12.5. The fourth-order valence-electron chi connectivity index (χ4n) is 8.21. The van der Waals surface area contributed by atoms with Crippen molar-refractivity contribution in [3.8, 4) is 45.5 Å². The molecule has 10 rings (SSSR count). The topological polar surface area (TPSA) is 187 Å². The van der Waals surface area contributed by atoms with E-state index in [4.69, 9.17) is 26.8 Å². The number of hydrogen-bond donors (Lipinski definition) is 2. The Labute approximate surface area is 434 Å². The number of halogens is 5. The van der Waals surface area contributed by atoms with Crippen LogP contribution < -0.4 is 30.0 Å². The summed E-state index contributed by atoms with van der Waals surface area (Å²) in [6.07, 6.45) is -4.97. The molecule has 3 N–H and O–H groups in total. The molecule has 4 aromatic carbocycles. The van der Waals surface area contributed by atoms with Crippen LogP contribution in [0.25, 0.3) is 22.5 Å². The van der Waals surface area contributed by atoms with Crippen molar-refractivity contribution in [2.75, 3.05) is 11.1 Å². The molecular formula is C56H53ClF4N4O10. The molecular weight excluding hydrogens is 1000 g/mol. The predicted molar refractivity (Wildman–Crippen MR) is 270 cm³/mol. The summed E-state index contributed by atoms with van der Waals surface area (Å²) in [5.41, 5.74) is 9.89. The highest BCUT2D eigenvalue weighted by Gasteiger charge is 2.54. The summed E-state index contributed by atoms with van der Waals surface area (Å²) in [5, 5.41) is 2.40. The fourth-order valence-corrected chi connectivity index (χ4v) is 8.51. The monoisotopic (exact) mass is 1050 g/mol. The molecule has 392 valence electrons. The maximum Gasteiger partial charge on any atom is 0.586 e. The molecule has 0 atom stereocenters. The van der Waals surface area contributed by atoms with Crippen molar-refractivity contribution in [3.63, 3.8) is 0 Å². The minimum absolute atomic E-state index is 0.0310. The highest BCUT2D eigenvalue weighted by atomic mass is 35.5. The van der Waals surface area contributed by atoms with E-state index in [9.17, 15) is 36.7 Å². The third-order valence-corrected chi connectivity index (χ3v) is 12.6. The molecule has 6 aromatic rings. The first kappa shape index (κ1) is 53.6. The molecule has 0 saturated heterocycles. The molecule has 2 aliphatic heterocycles. The summed E-state index contributed by atoms with van der Waals surface area (Å²) in [6, 6.07) is 30.2. The molecule has 0 bridgehead atoms. The lowest BCUT2D eigenvalue weighted by molar-refractivity contribution is -0.287. The van der Waals surface area contributed by atoms with Crippen LogP contribution in [0.5, 0.6) is 23.0 Å². The molecule has 2 aromatic heterocycles. The van der Waals surface area contributed by atoms with Crippen LogP contribution in [-0.4, -0.2) is 56.8 Å². The molecule has 4 aliphatic rings. The minimum Gasteiger partial charge on any atom is -0.456 e. The molecule has 2 saturated carbocycles. The van der Waals surface area contributed by atoms with E-state index in [0.29, 0.717) is 70.8 Å². The number of alkyl halides is 4. The Kier molecular flexibility index (Phi) is 14.2. The van der Waals surface area contributed by atoms with Crippen LogP contribution in [0.2, 0.25) is 0 Å². The minimum atomic E-state index is -3.72. The van der Waals surface area contributed by atoms with Crippen molar-refractivity contribution in [2.24, 2.45) is 0 Å². The van der Waals surface area contributed by atoms with Crippen molar-refractivity contribution >= 4 is 46.3 Å². The van der Waals surface area contributed by atoms with Crippen molar-refractivity contribution in [2.45, 2.75) is 116 Å². The average molecular weight is 1050 g/mol. The number of pyridine rings is 2. The number of carbonyl (C=O) groups is 4. The maximum absolute atomic E-state index is 13.4. The van der Waals surface area contributed by atoms with E-state index < -0.39 is 45.8 Å². The van der Waals surface area contributed by atoms with Gasteiger partial charge in [0.1, 0.15) is 22.8 Å². The molecule has 0 unspecified atom stereocenters. The smallest absolute Gasteiger partial charge is 0.456 e. The van der Waals surface area contributed by atoms with Gasteiger partial charge in [-0.3, -0.25) is 9.59 Å². The zero-order valence-electron chi connectivity index (χ0n) is 42.2. The number of nitrogens with two attached hydrogens (primary N) is 1. The Morgan fingerprint density at radius 3 is 1.44 bits per heavy atom. The second-order valence-corrected chi connectivity index (χ2v) is 20.8. The number of benzene rings is 4. The average Bonchev–Trinajstić information content (AvgIpc) is 4.25. The summed E-state index contributed by atoms with van der Waals surface area (Å²) >= 11 is 5.51. The number of aromatic nitrogens is 2. The zero-order valence-corrected chi connectivity index (χ0v) is 42.9. The molecule has 0 radical (unpaired) electrons. The second-order valence-electron chi connectivity index (χ2n) is 20.5. The van der Waals surface area contributed by atoms with E-state index >= 15 is 0 Å². The van der Waals surface area contributed by atoms with Gasteiger partial charge in [0.2, 0.25) is 11.1 Å². The number of esters is 2. The van der Waals surface area contributed by atoms with E-state index in [-0.39, 0.29) is 34.9 Å². The Balaban J connectivity index is 0.000000165. The van der Waals surface area contributed by atoms with Crippen LogP contribution in [0.3, 0.4) is 0 Å². The number of nitrogens with one attached hydrogen (secondary N) is 1. The second kappa shape index (κ2) is 19.8. The van der Waals surface area contributed by atoms with E-state index in [1.54, 1.807) is 75.4 Å². The summed E-state index contributed by atoms with van der Waals surface area (Å²) in [5.74, 6) is -0.522. The number of fused-ring (bicyclic) bond motifs is 2. The van der Waals surface area contributed by atoms with Gasteiger partial charge in [-0.1, -0.05) is 48.5 Å². The van der Waals surface area contributed by atoms with E-state index in [0.717, 1.165) is 22.4 Å². The number of ether oxygens (including phenoxy) is 6. The van der Waals surface area contributed by atoms with Crippen LogP contribution in [0.4, 0.5) is 29.2 Å². The number of anilines is 2. The van der Waals surface area contributed by atoms with Crippen LogP contribution in [0.1, 0.15) is 110 Å². The largest absolute Gasteiger partial charge is 0.586 e. The SMILES string of the molecule is Cc1ccc(N)nc1-c1cccc(C(=O)OC(C)(C)C)c1.Cc1ccc(NC(=O)C2(c3ccc4c(c3)OC(F)(F)O4)CC2)nc1-c1cccc(C(=O)OC(C)(C)C)c1.O=C(Cl)C1(c2ccc3c(c2)OC(F)(F)O3)CC1. The van der Waals surface area contributed by atoms with Crippen LogP contribution in [-0.2, 0) is 29.9 Å². The third-order valence-electron chi connectivity index (χ3n) is 12.2. The first-order chi connectivity index (χ1) is 35.0. The Morgan fingerprint density at radius 1 is 0.573 bits per heavy atom. The predicted octanol–water partition coefficient (Wildman–Crippen LogP) is 12.4. The number of amides is 1. The Hall–Kier alpha value is -7.73. The summed E-state index contributed by atoms with van der Waals surface area (Å²) in [7, 11) is 0. The Morgan fingerprint density at radius 2 is 1.00 bits per heavy atom. The first-order valence-corrected chi connectivity index (χ1v) is 24.1. The highest BCUT2D eigenvalue weighted by Crippen LogP contribution is 2.54. The van der Waals surface area contributed by atoms with Crippen LogP contribution >= 0.6 is 11.6 Å². The van der Waals surface area contributed by atoms with Crippen molar-refractivity contribution in [1.29, 1.82) is 0 Å². The van der Waals surface area contributed by atoms with Gasteiger partial charge in [-0.2, -0.15) is 0 Å². The van der Waals surface area contributed by atoms with Gasteiger partial charge in [-0.05, 0) is 176 Å². The Bertz CT molecular complexity index is 3240. The lowest BCUT2D eigenvalue weighted by Crippen LogP contribution is -2.28. The standard InChI is InChI=1S/C28H26F2N2O5.C17H20N2O2.C11H7ClF2O3/c1-16-8-11-22(31-23(16)17-6-5-7-18(14-17)24(33)37-26(2,3)4)32-25(34)27(12-13-27)19-9-10-20-21(15-19)36-28(29,30)35-20;1-11-8-9-14(18)19-15(11)12-6-5-7-13(10-12)16(20)21-17(2,3)4;12-9(15)10(3-4-10)6-1-2-7-8(5-6)17-11(13,14)16-7/h5-11,14-15H,12-13H2,1-4H3,(H,31,32,34);5-10H,1-4H3,(H2,18,19);1-2,5H,3-4H2. The molecule has 2 fully saturated rings. The molecule has 1 amide bonds. The highest BCUT2D eigenvalue weighted by molar-refractivity contribution is 6.66. The van der Waals surface area contributed by atoms with Gasteiger partial charge >= 0.3 is 24.5 Å². The molecule has 4 heterocycles. The zero-order chi connectivity index (χ0) is 54.5. The van der Waals surface area contributed by atoms with Gasteiger partial charge in [0.15, 0.2) is 23.0 Å². The first-order valence-electron chi connectivity index (χ1n) is 23.7. The van der Waals surface area contributed by atoms with Crippen LogP contribution in [0.15, 0.2) is 109 Å². The van der Waals surface area contributed by atoms with Gasteiger partial charge < -0.3 is 39.5 Å². The van der Waals surface area contributed by atoms with Gasteiger partial charge in [0.25, 0.3) is 0 Å². The number of nitrogen functional groups attached to an aromatic ring is 1. The molecule has 14 nitrogen and oxygen atoms in total. The lowest BCUT2D eigenvalue weighted by Gasteiger charge is -2.19. The summed E-state index contributed by atoms with van der Waals surface area (Å²) in [4.78, 5) is 58.3. The fraction of sp³-hybridized carbons (Fsp3) is 0.321. The normalized spacial score (nSPS) is 16.4. The molecule has 2 aliphatic carbocycles. The van der Waals surface area contributed by atoms with Gasteiger partial charge in [-0.15, -0.1) is 17.6 Å². The van der Waals surface area contributed by atoms with E-state index in [1.165, 1.54) is 24.3 Å². The van der Waals surface area contributed by atoms with Gasteiger partial charge in [-0.25, -0.2) is 19.6 Å². The van der Waals surface area contributed by atoms with E-state index in [1.807, 2.05) is 65.0 Å². The van der Waals surface area contributed by atoms with Crippen molar-refractivity contribution in [3.05, 3.63) is 143 Å². The van der Waals surface area contributed by atoms with Crippen LogP contribution in [0, 0.1) is 13.8 Å². The quantitative estimate of drug-likeness (QED) is 0.0792. The number of hydrogen-bond acceptors (Lipinski definition) is 13. The number of aryl methyl sites for hydroxylation is 2. The molecule has 19 heteroatoms. The lowest BCUT2D eigenvalue weighted by atomic mass is 9.94. The maximum atomic E-state index is 13.4. The summed E-state index contributed by atoms with van der Waals surface area (Å²) < 4.78 is 80.9. The molecule has 0 spiro atoms. The van der Waals surface area contributed by atoms with Gasteiger partial charge in [0, 0.05) is 11.1 Å². The van der Waals surface area contributed by atoms with Crippen molar-refractivity contribution < 1.29 is 65.2 Å². The molecule has 75 heavy (non-hydrogen) atoms. The number of carbonyl (C=O) groups excluding carboxylic acids is 4. The van der Waals surface area contributed by atoms with Crippen molar-refractivity contribution in [1.82, 2.24) is 9.97 Å². The summed E-state index contributed by atoms with van der Waals surface area (Å²) in [6.45, 7) is 14.8.